The van der Waals surface area contributed by atoms with Gasteiger partial charge in [0, 0.05) is 39.3 Å². The molecule has 0 aromatic heterocycles. The van der Waals surface area contributed by atoms with Crippen molar-refractivity contribution in [2.45, 2.75) is 34.1 Å². The summed E-state index contributed by atoms with van der Waals surface area (Å²) in [4.78, 5) is 7.19. The third kappa shape index (κ3) is 8.94. The zero-order valence-corrected chi connectivity index (χ0v) is 14.3. The summed E-state index contributed by atoms with van der Waals surface area (Å²) < 4.78 is 5.39. The molecule has 0 amide bonds. The van der Waals surface area contributed by atoms with Gasteiger partial charge in [-0.1, -0.05) is 20.8 Å². The monoisotopic (exact) mass is 298 g/mol. The Balaban J connectivity index is 2.29. The van der Waals surface area contributed by atoms with Gasteiger partial charge in [0.1, 0.15) is 0 Å². The van der Waals surface area contributed by atoms with Crippen LogP contribution in [0.15, 0.2) is 4.99 Å². The van der Waals surface area contributed by atoms with Crippen molar-refractivity contribution < 1.29 is 4.74 Å². The summed E-state index contributed by atoms with van der Waals surface area (Å²) in [5.41, 5.74) is 0. The van der Waals surface area contributed by atoms with E-state index in [1.165, 1.54) is 6.42 Å². The second-order valence-corrected chi connectivity index (χ2v) is 6.35. The number of hydrogen-bond donors (Lipinski definition) is 2. The molecule has 1 unspecified atom stereocenters. The Bertz CT molecular complexity index is 288. The molecule has 5 heteroatoms. The standard InChI is InChI=1S/C16H34N4O/c1-5-17-16(18-7-6-14(2)3)19-12-15(4)13-20-8-10-21-11-9-20/h14-15H,5-13H2,1-4H3,(H2,17,18,19). The van der Waals surface area contributed by atoms with E-state index in [0.29, 0.717) is 5.92 Å². The van der Waals surface area contributed by atoms with E-state index in [2.05, 4.69) is 43.2 Å². The fraction of sp³-hybridized carbons (Fsp3) is 0.938. The fourth-order valence-electron chi connectivity index (χ4n) is 2.35. The van der Waals surface area contributed by atoms with Gasteiger partial charge < -0.3 is 15.4 Å². The van der Waals surface area contributed by atoms with E-state index in [9.17, 15) is 0 Å². The molecule has 1 rings (SSSR count). The van der Waals surface area contributed by atoms with Gasteiger partial charge in [0.05, 0.1) is 13.2 Å². The summed E-state index contributed by atoms with van der Waals surface area (Å²) in [6, 6.07) is 0. The van der Waals surface area contributed by atoms with Crippen LogP contribution >= 0.6 is 0 Å². The van der Waals surface area contributed by atoms with Gasteiger partial charge >= 0.3 is 0 Å². The highest BCUT2D eigenvalue weighted by molar-refractivity contribution is 5.79. The molecule has 1 aliphatic rings. The van der Waals surface area contributed by atoms with E-state index in [1.807, 2.05) is 0 Å². The quantitative estimate of drug-likeness (QED) is 0.527. The highest BCUT2D eigenvalue weighted by Gasteiger charge is 2.13. The summed E-state index contributed by atoms with van der Waals surface area (Å²) >= 11 is 0. The zero-order chi connectivity index (χ0) is 15.5. The Hall–Kier alpha value is -0.810. The Morgan fingerprint density at radius 2 is 1.90 bits per heavy atom. The zero-order valence-electron chi connectivity index (χ0n) is 14.3. The molecule has 0 aromatic rings. The summed E-state index contributed by atoms with van der Waals surface area (Å²) in [6.45, 7) is 16.6. The summed E-state index contributed by atoms with van der Waals surface area (Å²) in [5, 5.41) is 6.74. The van der Waals surface area contributed by atoms with Crippen molar-refractivity contribution in [1.29, 1.82) is 0 Å². The average molecular weight is 298 g/mol. The van der Waals surface area contributed by atoms with E-state index in [-0.39, 0.29) is 0 Å². The van der Waals surface area contributed by atoms with Crippen molar-refractivity contribution in [3.8, 4) is 0 Å². The van der Waals surface area contributed by atoms with E-state index in [4.69, 9.17) is 9.73 Å². The van der Waals surface area contributed by atoms with Crippen LogP contribution in [0.1, 0.15) is 34.1 Å². The molecule has 5 nitrogen and oxygen atoms in total. The van der Waals surface area contributed by atoms with Gasteiger partial charge in [-0.15, -0.1) is 0 Å². The summed E-state index contributed by atoms with van der Waals surface area (Å²) in [7, 11) is 0. The Kier molecular flexibility index (Phi) is 9.42. The van der Waals surface area contributed by atoms with Crippen molar-refractivity contribution >= 4 is 5.96 Å². The minimum absolute atomic E-state index is 0.573. The van der Waals surface area contributed by atoms with Gasteiger partial charge in [-0.25, -0.2) is 0 Å². The maximum Gasteiger partial charge on any atom is 0.191 e. The first kappa shape index (κ1) is 18.2. The van der Waals surface area contributed by atoms with Crippen molar-refractivity contribution in [2.24, 2.45) is 16.8 Å². The molecule has 1 saturated heterocycles. The fourth-order valence-corrected chi connectivity index (χ4v) is 2.35. The lowest BCUT2D eigenvalue weighted by Crippen LogP contribution is -2.40. The molecule has 1 atom stereocenters. The second kappa shape index (κ2) is 10.9. The van der Waals surface area contributed by atoms with Crippen LogP contribution in [0.3, 0.4) is 0 Å². The largest absolute Gasteiger partial charge is 0.379 e. The molecule has 0 radical (unpaired) electrons. The normalized spacial score (nSPS) is 18.8. The van der Waals surface area contributed by atoms with E-state index >= 15 is 0 Å². The predicted molar refractivity (Wildman–Crippen MR) is 89.9 cm³/mol. The topological polar surface area (TPSA) is 48.9 Å². The van der Waals surface area contributed by atoms with Gasteiger partial charge in [0.2, 0.25) is 0 Å². The predicted octanol–water partition coefficient (Wildman–Crippen LogP) is 1.56. The number of aliphatic imine (C=N–C) groups is 1. The Morgan fingerprint density at radius 3 is 2.52 bits per heavy atom. The molecule has 2 N–H and O–H groups in total. The highest BCUT2D eigenvalue weighted by Crippen LogP contribution is 2.04. The lowest BCUT2D eigenvalue weighted by atomic mass is 10.1. The van der Waals surface area contributed by atoms with Crippen LogP contribution in [0.25, 0.3) is 0 Å². The Morgan fingerprint density at radius 1 is 1.19 bits per heavy atom. The number of morpholine rings is 1. The molecule has 1 fully saturated rings. The lowest BCUT2D eigenvalue weighted by molar-refractivity contribution is 0.0323. The SMILES string of the molecule is CCNC(=NCC(C)CN1CCOCC1)NCCC(C)C. The molecule has 0 saturated carbocycles. The average Bonchev–Trinajstić information content (AvgIpc) is 2.45. The molecule has 0 aromatic carbocycles. The van der Waals surface area contributed by atoms with Crippen LogP contribution in [0, 0.1) is 11.8 Å². The van der Waals surface area contributed by atoms with Crippen LogP contribution < -0.4 is 10.6 Å². The Labute approximate surface area is 130 Å². The maximum absolute atomic E-state index is 5.39. The third-order valence-corrected chi connectivity index (χ3v) is 3.59. The van der Waals surface area contributed by atoms with Crippen molar-refractivity contribution in [1.82, 2.24) is 15.5 Å². The van der Waals surface area contributed by atoms with Crippen LogP contribution in [-0.4, -0.2) is 63.3 Å². The number of guanidine groups is 1. The first-order valence-corrected chi connectivity index (χ1v) is 8.44. The van der Waals surface area contributed by atoms with Gasteiger partial charge in [-0.05, 0) is 25.2 Å². The van der Waals surface area contributed by atoms with Crippen molar-refractivity contribution in [3.63, 3.8) is 0 Å². The number of nitrogens with zero attached hydrogens (tertiary/aromatic N) is 2. The van der Waals surface area contributed by atoms with Crippen LogP contribution in [-0.2, 0) is 4.74 Å². The molecule has 1 heterocycles. The molecular weight excluding hydrogens is 264 g/mol. The van der Waals surface area contributed by atoms with Gasteiger partial charge in [-0.3, -0.25) is 9.89 Å². The first-order valence-electron chi connectivity index (χ1n) is 8.44. The third-order valence-electron chi connectivity index (χ3n) is 3.59. The molecule has 0 spiro atoms. The molecule has 21 heavy (non-hydrogen) atoms. The number of rotatable bonds is 8. The highest BCUT2D eigenvalue weighted by atomic mass is 16.5. The molecule has 0 bridgehead atoms. The smallest absolute Gasteiger partial charge is 0.191 e. The van der Waals surface area contributed by atoms with E-state index < -0.39 is 0 Å². The summed E-state index contributed by atoms with van der Waals surface area (Å²) in [5.74, 6) is 2.25. The van der Waals surface area contributed by atoms with Crippen LogP contribution in [0.5, 0.6) is 0 Å². The van der Waals surface area contributed by atoms with E-state index in [0.717, 1.165) is 64.4 Å². The van der Waals surface area contributed by atoms with Crippen LogP contribution in [0.4, 0.5) is 0 Å². The second-order valence-electron chi connectivity index (χ2n) is 6.35. The number of ether oxygens (including phenoxy) is 1. The van der Waals surface area contributed by atoms with Gasteiger partial charge in [0.25, 0.3) is 0 Å². The van der Waals surface area contributed by atoms with Gasteiger partial charge in [0.15, 0.2) is 5.96 Å². The van der Waals surface area contributed by atoms with Gasteiger partial charge in [-0.2, -0.15) is 0 Å². The van der Waals surface area contributed by atoms with E-state index in [1.54, 1.807) is 0 Å². The van der Waals surface area contributed by atoms with Crippen LogP contribution in [0.2, 0.25) is 0 Å². The molecular formula is C16H34N4O. The summed E-state index contributed by atoms with van der Waals surface area (Å²) in [6.07, 6.45) is 1.17. The van der Waals surface area contributed by atoms with Crippen molar-refractivity contribution in [2.75, 3.05) is 52.5 Å². The molecule has 0 aliphatic carbocycles. The minimum atomic E-state index is 0.573. The lowest BCUT2D eigenvalue weighted by Gasteiger charge is -2.28. The molecule has 124 valence electrons. The number of nitrogens with one attached hydrogen (secondary N) is 2. The van der Waals surface area contributed by atoms with Crippen molar-refractivity contribution in [3.05, 3.63) is 0 Å². The molecule has 1 aliphatic heterocycles. The maximum atomic E-state index is 5.39. The minimum Gasteiger partial charge on any atom is -0.379 e. The number of hydrogen-bond acceptors (Lipinski definition) is 3. The first-order chi connectivity index (χ1) is 10.1.